The molecule has 2 aromatic rings. The van der Waals surface area contributed by atoms with E-state index in [4.69, 9.17) is 4.74 Å². The van der Waals surface area contributed by atoms with Crippen molar-refractivity contribution >= 4 is 17.5 Å². The zero-order valence-corrected chi connectivity index (χ0v) is 16.5. The van der Waals surface area contributed by atoms with E-state index in [9.17, 15) is 9.59 Å². The molecule has 27 heavy (non-hydrogen) atoms. The van der Waals surface area contributed by atoms with Crippen LogP contribution in [0.1, 0.15) is 54.3 Å². The van der Waals surface area contributed by atoms with Crippen LogP contribution in [0.5, 0.6) is 5.75 Å². The van der Waals surface area contributed by atoms with Gasteiger partial charge in [-0.15, -0.1) is 0 Å². The van der Waals surface area contributed by atoms with Gasteiger partial charge in [0.05, 0.1) is 11.8 Å². The molecule has 0 aliphatic rings. The van der Waals surface area contributed by atoms with Crippen molar-refractivity contribution in [2.45, 2.75) is 39.7 Å². The normalized spacial score (nSPS) is 10.6. The lowest BCUT2D eigenvalue weighted by atomic mass is 10.1. The van der Waals surface area contributed by atoms with Crippen LogP contribution in [0.4, 0.5) is 5.69 Å². The van der Waals surface area contributed by atoms with Crippen LogP contribution < -0.4 is 10.1 Å². The summed E-state index contributed by atoms with van der Waals surface area (Å²) in [5, 5.41) is 2.87. The summed E-state index contributed by atoms with van der Waals surface area (Å²) in [4.78, 5) is 26.9. The van der Waals surface area contributed by atoms with Gasteiger partial charge in [-0.25, -0.2) is 0 Å². The molecule has 0 bridgehead atoms. The number of rotatable bonds is 8. The first-order chi connectivity index (χ1) is 12.9. The summed E-state index contributed by atoms with van der Waals surface area (Å²) in [5.74, 6) is 0.259. The van der Waals surface area contributed by atoms with E-state index < -0.39 is 0 Å². The minimum Gasteiger partial charge on any atom is -0.489 e. The minimum atomic E-state index is -0.277. The summed E-state index contributed by atoms with van der Waals surface area (Å²) in [5.41, 5.74) is 1.55. The number of ether oxygens (including phenoxy) is 1. The van der Waals surface area contributed by atoms with E-state index >= 15 is 0 Å². The summed E-state index contributed by atoms with van der Waals surface area (Å²) in [6.45, 7) is 6.65. The first-order valence-electron chi connectivity index (χ1n) is 9.35. The fourth-order valence-corrected chi connectivity index (χ4v) is 2.63. The number of carbonyl (C=O) groups excluding carboxylic acids is 2. The molecular weight excluding hydrogens is 340 g/mol. The lowest BCUT2D eigenvalue weighted by Gasteiger charge is -2.17. The Hall–Kier alpha value is -2.82. The van der Waals surface area contributed by atoms with Crippen LogP contribution in [0.3, 0.4) is 0 Å². The Kier molecular flexibility index (Phi) is 7.41. The van der Waals surface area contributed by atoms with Crippen LogP contribution in [0.25, 0.3) is 0 Å². The predicted molar refractivity (Wildman–Crippen MR) is 108 cm³/mol. The molecular formula is C22H28N2O3. The predicted octanol–water partition coefficient (Wildman–Crippen LogP) is 4.60. The lowest BCUT2D eigenvalue weighted by molar-refractivity contribution is 0.0793. The first kappa shape index (κ1) is 20.5. The quantitative estimate of drug-likeness (QED) is 0.741. The van der Waals surface area contributed by atoms with Crippen molar-refractivity contribution in [1.82, 2.24) is 4.90 Å². The number of unbranched alkanes of at least 4 members (excludes halogenated alkanes) is 1. The fourth-order valence-electron chi connectivity index (χ4n) is 2.63. The zero-order chi connectivity index (χ0) is 19.8. The number of nitrogens with one attached hydrogen (secondary N) is 1. The number of hydrogen-bond acceptors (Lipinski definition) is 3. The third-order valence-corrected chi connectivity index (χ3v) is 4.06. The van der Waals surface area contributed by atoms with Gasteiger partial charge in [-0.1, -0.05) is 31.5 Å². The van der Waals surface area contributed by atoms with Gasteiger partial charge in [0, 0.05) is 24.7 Å². The smallest absolute Gasteiger partial charge is 0.255 e. The van der Waals surface area contributed by atoms with E-state index in [1.165, 1.54) is 0 Å². The van der Waals surface area contributed by atoms with Crippen molar-refractivity contribution in [3.05, 3.63) is 59.7 Å². The third kappa shape index (κ3) is 5.84. The Bertz CT molecular complexity index is 787. The Balaban J connectivity index is 2.15. The van der Waals surface area contributed by atoms with Gasteiger partial charge in [0.15, 0.2) is 0 Å². The highest BCUT2D eigenvalue weighted by atomic mass is 16.5. The molecule has 0 fully saturated rings. The molecule has 5 heteroatoms. The summed E-state index contributed by atoms with van der Waals surface area (Å²) < 4.78 is 5.74. The molecule has 0 spiro atoms. The van der Waals surface area contributed by atoms with Gasteiger partial charge in [0.25, 0.3) is 11.8 Å². The maximum atomic E-state index is 12.7. The molecule has 0 aliphatic heterocycles. The second-order valence-corrected chi connectivity index (χ2v) is 6.78. The minimum absolute atomic E-state index is 0.00246. The van der Waals surface area contributed by atoms with Gasteiger partial charge in [0.1, 0.15) is 5.75 Å². The molecule has 5 nitrogen and oxygen atoms in total. The maximum absolute atomic E-state index is 12.7. The van der Waals surface area contributed by atoms with Crippen molar-refractivity contribution < 1.29 is 14.3 Å². The number of para-hydroxylation sites is 2. The Morgan fingerprint density at radius 3 is 2.48 bits per heavy atom. The molecule has 0 aliphatic carbocycles. The summed E-state index contributed by atoms with van der Waals surface area (Å²) in [6, 6.07) is 14.1. The Morgan fingerprint density at radius 2 is 1.78 bits per heavy atom. The molecule has 0 atom stereocenters. The number of amides is 2. The second-order valence-electron chi connectivity index (χ2n) is 6.78. The molecule has 2 rings (SSSR count). The fraction of sp³-hybridized carbons (Fsp3) is 0.364. The lowest BCUT2D eigenvalue weighted by Crippen LogP contribution is -2.28. The summed E-state index contributed by atoms with van der Waals surface area (Å²) in [7, 11) is 1.78. The van der Waals surface area contributed by atoms with E-state index in [0.29, 0.717) is 29.1 Å². The number of hydrogen-bond donors (Lipinski definition) is 1. The average molecular weight is 368 g/mol. The molecule has 2 amide bonds. The standard InChI is InChI=1S/C22H28N2O3/c1-5-6-14-24(4)22(26)18-11-9-10-17(15-18)21(25)23-19-12-7-8-13-20(19)27-16(2)3/h7-13,15-16H,5-6,14H2,1-4H3,(H,23,25). The molecule has 0 heterocycles. The Labute approximate surface area is 161 Å². The van der Waals surface area contributed by atoms with Gasteiger partial charge in [-0.2, -0.15) is 0 Å². The molecule has 0 unspecified atom stereocenters. The largest absolute Gasteiger partial charge is 0.489 e. The van der Waals surface area contributed by atoms with E-state index in [2.05, 4.69) is 12.2 Å². The van der Waals surface area contributed by atoms with E-state index in [0.717, 1.165) is 12.8 Å². The maximum Gasteiger partial charge on any atom is 0.255 e. The number of anilines is 1. The van der Waals surface area contributed by atoms with E-state index in [-0.39, 0.29) is 17.9 Å². The summed E-state index contributed by atoms with van der Waals surface area (Å²) in [6.07, 6.45) is 1.98. The van der Waals surface area contributed by atoms with Gasteiger partial charge in [0.2, 0.25) is 0 Å². The van der Waals surface area contributed by atoms with Crippen molar-refractivity contribution in [1.29, 1.82) is 0 Å². The van der Waals surface area contributed by atoms with Gasteiger partial charge in [-0.3, -0.25) is 9.59 Å². The molecule has 0 radical (unpaired) electrons. The highest BCUT2D eigenvalue weighted by molar-refractivity contribution is 6.06. The monoisotopic (exact) mass is 368 g/mol. The molecule has 2 aromatic carbocycles. The molecule has 0 saturated heterocycles. The van der Waals surface area contributed by atoms with Gasteiger partial charge in [-0.05, 0) is 50.6 Å². The van der Waals surface area contributed by atoms with Crippen LogP contribution in [-0.4, -0.2) is 36.4 Å². The first-order valence-corrected chi connectivity index (χ1v) is 9.35. The van der Waals surface area contributed by atoms with E-state index in [1.54, 1.807) is 42.3 Å². The van der Waals surface area contributed by atoms with Crippen LogP contribution in [0, 0.1) is 0 Å². The van der Waals surface area contributed by atoms with Gasteiger partial charge >= 0.3 is 0 Å². The molecule has 0 saturated carbocycles. The van der Waals surface area contributed by atoms with E-state index in [1.807, 2.05) is 32.0 Å². The number of benzene rings is 2. The second kappa shape index (κ2) is 9.76. The van der Waals surface area contributed by atoms with Crippen molar-refractivity contribution in [3.8, 4) is 5.75 Å². The average Bonchev–Trinajstić information content (AvgIpc) is 2.66. The van der Waals surface area contributed by atoms with Crippen molar-refractivity contribution in [3.63, 3.8) is 0 Å². The van der Waals surface area contributed by atoms with Crippen LogP contribution in [0.15, 0.2) is 48.5 Å². The van der Waals surface area contributed by atoms with Gasteiger partial charge < -0.3 is 15.0 Å². The number of carbonyl (C=O) groups is 2. The summed E-state index contributed by atoms with van der Waals surface area (Å²) >= 11 is 0. The third-order valence-electron chi connectivity index (χ3n) is 4.06. The molecule has 144 valence electrons. The highest BCUT2D eigenvalue weighted by Crippen LogP contribution is 2.25. The SMILES string of the molecule is CCCCN(C)C(=O)c1cccc(C(=O)Nc2ccccc2OC(C)C)c1. The van der Waals surface area contributed by atoms with Crippen molar-refractivity contribution in [2.75, 3.05) is 18.9 Å². The van der Waals surface area contributed by atoms with Crippen LogP contribution >= 0.6 is 0 Å². The Morgan fingerprint density at radius 1 is 1.07 bits per heavy atom. The number of nitrogens with zero attached hydrogens (tertiary/aromatic N) is 1. The van der Waals surface area contributed by atoms with Crippen molar-refractivity contribution in [2.24, 2.45) is 0 Å². The highest BCUT2D eigenvalue weighted by Gasteiger charge is 2.15. The molecule has 1 N–H and O–H groups in total. The van der Waals surface area contributed by atoms with Crippen LogP contribution in [-0.2, 0) is 0 Å². The zero-order valence-electron chi connectivity index (χ0n) is 16.5. The topological polar surface area (TPSA) is 58.6 Å². The molecule has 0 aromatic heterocycles. The van der Waals surface area contributed by atoms with Crippen LogP contribution in [0.2, 0.25) is 0 Å².